The molecule has 1 N–H and O–H groups in total. The molecule has 0 fully saturated rings. The second-order valence-electron chi connectivity index (χ2n) is 6.71. The van der Waals surface area contributed by atoms with Crippen molar-refractivity contribution in [1.29, 1.82) is 0 Å². The molecule has 4 aromatic rings. The van der Waals surface area contributed by atoms with E-state index in [1.165, 1.54) is 0 Å². The van der Waals surface area contributed by atoms with Gasteiger partial charge in [-0.05, 0) is 54.8 Å². The second kappa shape index (κ2) is 7.41. The summed E-state index contributed by atoms with van der Waals surface area (Å²) in [5.41, 5.74) is 3.86. The molecule has 28 heavy (non-hydrogen) atoms. The number of nitrogens with zero attached hydrogens (tertiary/aromatic N) is 1. The number of aromatic amines is 1. The third kappa shape index (κ3) is 3.43. The number of H-pyrrole nitrogens is 1. The summed E-state index contributed by atoms with van der Waals surface area (Å²) in [6, 6.07) is 13.6. The van der Waals surface area contributed by atoms with Crippen LogP contribution >= 0.6 is 22.9 Å². The fourth-order valence-corrected chi connectivity index (χ4v) is 4.51. The first kappa shape index (κ1) is 18.7. The maximum atomic E-state index is 12.9. The van der Waals surface area contributed by atoms with Crippen LogP contribution in [-0.4, -0.2) is 17.1 Å². The Labute approximate surface area is 171 Å². The normalized spacial score (nSPS) is 11.1. The van der Waals surface area contributed by atoms with Crippen molar-refractivity contribution in [3.8, 4) is 16.9 Å². The van der Waals surface area contributed by atoms with E-state index in [2.05, 4.69) is 4.98 Å². The summed E-state index contributed by atoms with van der Waals surface area (Å²) < 4.78 is 5.19. The number of hydrogen-bond donors (Lipinski definition) is 1. The zero-order chi connectivity index (χ0) is 19.8. The second-order valence-corrected chi connectivity index (χ2v) is 8.33. The van der Waals surface area contributed by atoms with Gasteiger partial charge in [0.05, 0.1) is 12.5 Å². The van der Waals surface area contributed by atoms with E-state index < -0.39 is 0 Å². The van der Waals surface area contributed by atoms with E-state index in [9.17, 15) is 4.79 Å². The largest absolute Gasteiger partial charge is 0.497 e. The molecule has 0 aliphatic heterocycles. The number of hydrogen-bond acceptors (Lipinski definition) is 4. The number of thiophene rings is 1. The summed E-state index contributed by atoms with van der Waals surface area (Å²) in [4.78, 5) is 22.4. The van der Waals surface area contributed by atoms with Gasteiger partial charge in [0.25, 0.3) is 5.56 Å². The highest BCUT2D eigenvalue weighted by molar-refractivity contribution is 7.19. The zero-order valence-corrected chi connectivity index (χ0v) is 17.4. The minimum Gasteiger partial charge on any atom is -0.497 e. The molecule has 4 rings (SSSR count). The number of fused-ring (bicyclic) bond motifs is 1. The number of nitrogens with one attached hydrogen (secondary N) is 1. The Hall–Kier alpha value is -2.63. The predicted octanol–water partition coefficient (Wildman–Crippen LogP) is 5.52. The fraction of sp³-hybridized carbons (Fsp3) is 0.182. The zero-order valence-electron chi connectivity index (χ0n) is 15.8. The Morgan fingerprint density at radius 1 is 1.14 bits per heavy atom. The highest BCUT2D eigenvalue weighted by Gasteiger charge is 2.17. The molecule has 0 saturated carbocycles. The topological polar surface area (TPSA) is 55.0 Å². The van der Waals surface area contributed by atoms with Crippen LogP contribution in [0.2, 0.25) is 5.02 Å². The summed E-state index contributed by atoms with van der Waals surface area (Å²) in [5, 5.41) is 1.36. The minimum atomic E-state index is -0.111. The van der Waals surface area contributed by atoms with Gasteiger partial charge in [0, 0.05) is 21.9 Å². The SMILES string of the molecule is COc1ccc(Cc2nc3sc(C)c(-c4ccc(Cl)c(C)c4)c3c(=O)[nH]2)cc1. The maximum absolute atomic E-state index is 12.9. The van der Waals surface area contributed by atoms with Gasteiger partial charge in [-0.15, -0.1) is 11.3 Å². The molecule has 0 aliphatic rings. The lowest BCUT2D eigenvalue weighted by Gasteiger charge is -2.06. The van der Waals surface area contributed by atoms with Gasteiger partial charge >= 0.3 is 0 Å². The van der Waals surface area contributed by atoms with Gasteiger partial charge in [0.1, 0.15) is 16.4 Å². The fourth-order valence-electron chi connectivity index (χ4n) is 3.33. The van der Waals surface area contributed by atoms with Crippen LogP contribution in [0.3, 0.4) is 0 Å². The summed E-state index contributed by atoms with van der Waals surface area (Å²) in [7, 11) is 1.64. The number of methoxy groups -OCH3 is 1. The van der Waals surface area contributed by atoms with Crippen LogP contribution in [0.15, 0.2) is 47.3 Å². The van der Waals surface area contributed by atoms with E-state index in [1.807, 2.05) is 56.3 Å². The third-order valence-electron chi connectivity index (χ3n) is 4.76. The number of halogens is 1. The number of rotatable bonds is 4. The molecule has 0 amide bonds. The molecule has 2 heterocycles. The highest BCUT2D eigenvalue weighted by atomic mass is 35.5. The van der Waals surface area contributed by atoms with Crippen molar-refractivity contribution in [2.24, 2.45) is 0 Å². The van der Waals surface area contributed by atoms with Crippen molar-refractivity contribution in [2.75, 3.05) is 7.11 Å². The number of ether oxygens (including phenoxy) is 1. The molecule has 2 aromatic heterocycles. The molecule has 0 radical (unpaired) electrons. The lowest BCUT2D eigenvalue weighted by Crippen LogP contribution is -2.11. The molecule has 4 nitrogen and oxygen atoms in total. The lowest BCUT2D eigenvalue weighted by atomic mass is 10.0. The van der Waals surface area contributed by atoms with Crippen LogP contribution in [0.4, 0.5) is 0 Å². The van der Waals surface area contributed by atoms with Crippen molar-refractivity contribution in [2.45, 2.75) is 20.3 Å². The summed E-state index contributed by atoms with van der Waals surface area (Å²) >= 11 is 7.71. The van der Waals surface area contributed by atoms with Gasteiger partial charge in [-0.2, -0.15) is 0 Å². The molecule has 0 spiro atoms. The summed E-state index contributed by atoms with van der Waals surface area (Å²) in [6.07, 6.45) is 0.557. The van der Waals surface area contributed by atoms with Crippen LogP contribution in [0, 0.1) is 13.8 Å². The lowest BCUT2D eigenvalue weighted by molar-refractivity contribution is 0.414. The van der Waals surface area contributed by atoms with Crippen LogP contribution in [-0.2, 0) is 6.42 Å². The van der Waals surface area contributed by atoms with Crippen molar-refractivity contribution >= 4 is 33.2 Å². The van der Waals surface area contributed by atoms with E-state index >= 15 is 0 Å². The summed E-state index contributed by atoms with van der Waals surface area (Å²) in [5.74, 6) is 1.46. The van der Waals surface area contributed by atoms with Crippen LogP contribution in [0.25, 0.3) is 21.3 Å². The van der Waals surface area contributed by atoms with E-state index in [4.69, 9.17) is 21.3 Å². The average molecular weight is 411 g/mol. The number of aromatic nitrogens is 2. The van der Waals surface area contributed by atoms with Crippen LogP contribution in [0.5, 0.6) is 5.75 Å². The Morgan fingerprint density at radius 2 is 1.89 bits per heavy atom. The van der Waals surface area contributed by atoms with Gasteiger partial charge in [-0.1, -0.05) is 29.8 Å². The smallest absolute Gasteiger partial charge is 0.260 e. The van der Waals surface area contributed by atoms with Crippen LogP contribution < -0.4 is 10.3 Å². The molecule has 2 aromatic carbocycles. The summed E-state index contributed by atoms with van der Waals surface area (Å²) in [6.45, 7) is 3.99. The Kier molecular flexibility index (Phi) is 4.96. The molecule has 0 atom stereocenters. The quantitative estimate of drug-likeness (QED) is 0.481. The highest BCUT2D eigenvalue weighted by Crippen LogP contribution is 2.36. The molecular formula is C22H19ClN2O2S. The molecule has 0 aliphatic carbocycles. The third-order valence-corrected chi connectivity index (χ3v) is 6.19. The van der Waals surface area contributed by atoms with Crippen molar-refractivity contribution in [1.82, 2.24) is 9.97 Å². The van der Waals surface area contributed by atoms with E-state index in [-0.39, 0.29) is 5.56 Å². The number of aryl methyl sites for hydroxylation is 2. The first-order valence-corrected chi connectivity index (χ1v) is 10.1. The standard InChI is InChI=1S/C22H19ClN2O2S/c1-12-10-15(6-9-17(12)23)19-13(2)28-22-20(19)21(26)24-18(25-22)11-14-4-7-16(27-3)8-5-14/h4-10H,11H2,1-3H3,(H,24,25,26). The van der Waals surface area contributed by atoms with E-state index in [0.717, 1.165) is 42.7 Å². The molecule has 142 valence electrons. The molecule has 0 saturated heterocycles. The molecule has 0 bridgehead atoms. The maximum Gasteiger partial charge on any atom is 0.260 e. The van der Waals surface area contributed by atoms with Gasteiger partial charge in [-0.25, -0.2) is 4.98 Å². The predicted molar refractivity (Wildman–Crippen MR) is 116 cm³/mol. The van der Waals surface area contributed by atoms with Gasteiger partial charge in [-0.3, -0.25) is 4.79 Å². The molecule has 6 heteroatoms. The first-order valence-electron chi connectivity index (χ1n) is 8.88. The van der Waals surface area contributed by atoms with Gasteiger partial charge in [0.2, 0.25) is 0 Å². The van der Waals surface area contributed by atoms with E-state index in [0.29, 0.717) is 17.6 Å². The Morgan fingerprint density at radius 3 is 2.57 bits per heavy atom. The van der Waals surface area contributed by atoms with E-state index in [1.54, 1.807) is 18.4 Å². The van der Waals surface area contributed by atoms with Gasteiger partial charge in [0.15, 0.2) is 0 Å². The first-order chi connectivity index (χ1) is 13.5. The molecular weight excluding hydrogens is 392 g/mol. The minimum absolute atomic E-state index is 0.111. The van der Waals surface area contributed by atoms with Crippen molar-refractivity contribution in [3.63, 3.8) is 0 Å². The van der Waals surface area contributed by atoms with Gasteiger partial charge < -0.3 is 9.72 Å². The average Bonchev–Trinajstić information content (AvgIpc) is 3.01. The van der Waals surface area contributed by atoms with Crippen molar-refractivity contribution < 1.29 is 4.74 Å². The number of benzene rings is 2. The monoisotopic (exact) mass is 410 g/mol. The Bertz CT molecular complexity index is 1230. The van der Waals surface area contributed by atoms with Crippen LogP contribution in [0.1, 0.15) is 21.8 Å². The van der Waals surface area contributed by atoms with Crippen molar-refractivity contribution in [3.05, 3.63) is 79.7 Å². The Balaban J connectivity index is 1.77. The molecule has 0 unspecified atom stereocenters.